The van der Waals surface area contributed by atoms with Crippen molar-refractivity contribution in [1.29, 1.82) is 0 Å². The summed E-state index contributed by atoms with van der Waals surface area (Å²) in [7, 11) is 0. The maximum Gasteiger partial charge on any atom is 0.117 e. The molecule has 0 radical (unpaired) electrons. The molecule has 2 aliphatic heterocycles. The van der Waals surface area contributed by atoms with Crippen LogP contribution in [0.3, 0.4) is 0 Å². The molecule has 2 fully saturated rings. The molecule has 0 saturated carbocycles. The number of rotatable bonds is 6. The molecule has 1 aromatic carbocycles. The fourth-order valence-corrected chi connectivity index (χ4v) is 4.24. The third-order valence-corrected chi connectivity index (χ3v) is 5.93. The number of piperidine rings is 1. The number of nitrogens with one attached hydrogen (secondary N) is 1. The molecule has 140 valence electrons. The third kappa shape index (κ3) is 4.49. The third-order valence-electron chi connectivity index (χ3n) is 5.93. The number of nitrogens with zero attached hydrogens (tertiary/aromatic N) is 2. The molecule has 4 nitrogen and oxygen atoms in total. The predicted molar refractivity (Wildman–Crippen MR) is 107 cm³/mol. The van der Waals surface area contributed by atoms with Gasteiger partial charge in [-0.15, -0.1) is 0 Å². The van der Waals surface area contributed by atoms with E-state index in [9.17, 15) is 0 Å². The molecule has 0 spiro atoms. The van der Waals surface area contributed by atoms with Gasteiger partial charge in [0.25, 0.3) is 0 Å². The molecule has 1 N–H and O–H groups in total. The topological polar surface area (TPSA) is 31.6 Å². The van der Waals surface area contributed by atoms with Crippen molar-refractivity contribution in [2.24, 2.45) is 5.92 Å². The Kier molecular flexibility index (Phi) is 5.61. The maximum atomic E-state index is 5.47. The van der Waals surface area contributed by atoms with E-state index in [4.69, 9.17) is 4.42 Å². The van der Waals surface area contributed by atoms with Crippen molar-refractivity contribution >= 4 is 5.69 Å². The van der Waals surface area contributed by atoms with E-state index >= 15 is 0 Å². The highest BCUT2D eigenvalue weighted by molar-refractivity contribution is 5.48. The highest BCUT2D eigenvalue weighted by Crippen LogP contribution is 2.24. The van der Waals surface area contributed by atoms with E-state index in [1.165, 1.54) is 56.7 Å². The summed E-state index contributed by atoms with van der Waals surface area (Å²) in [6.07, 6.45) is 5.56. The van der Waals surface area contributed by atoms with E-state index in [0.717, 1.165) is 24.8 Å². The van der Waals surface area contributed by atoms with E-state index in [-0.39, 0.29) is 0 Å². The van der Waals surface area contributed by atoms with Crippen LogP contribution in [-0.2, 0) is 6.54 Å². The number of furan rings is 1. The molecular formula is C22H31N3O. The first-order chi connectivity index (χ1) is 12.8. The monoisotopic (exact) mass is 353 g/mol. The second kappa shape index (κ2) is 8.28. The SMILES string of the molecule is Cc1ccc(N2CCC(CNC3CCN(Cc4ccco4)CC3)C2)cc1. The van der Waals surface area contributed by atoms with Crippen molar-refractivity contribution in [1.82, 2.24) is 10.2 Å². The normalized spacial score (nSPS) is 22.2. The van der Waals surface area contributed by atoms with Crippen LogP contribution >= 0.6 is 0 Å². The Bertz CT molecular complexity index is 659. The summed E-state index contributed by atoms with van der Waals surface area (Å²) >= 11 is 0. The van der Waals surface area contributed by atoms with Crippen molar-refractivity contribution in [3.63, 3.8) is 0 Å². The van der Waals surface area contributed by atoms with Gasteiger partial charge in [0.1, 0.15) is 5.76 Å². The van der Waals surface area contributed by atoms with Crippen molar-refractivity contribution < 1.29 is 4.42 Å². The summed E-state index contributed by atoms with van der Waals surface area (Å²) in [5, 5.41) is 3.85. The van der Waals surface area contributed by atoms with Crippen molar-refractivity contribution in [3.05, 3.63) is 54.0 Å². The van der Waals surface area contributed by atoms with Crippen LogP contribution in [0.2, 0.25) is 0 Å². The smallest absolute Gasteiger partial charge is 0.117 e. The number of hydrogen-bond acceptors (Lipinski definition) is 4. The number of anilines is 1. The zero-order chi connectivity index (χ0) is 17.8. The van der Waals surface area contributed by atoms with Crippen LogP contribution in [0.15, 0.2) is 47.1 Å². The highest BCUT2D eigenvalue weighted by atomic mass is 16.3. The van der Waals surface area contributed by atoms with E-state index in [1.54, 1.807) is 6.26 Å². The molecule has 2 saturated heterocycles. The van der Waals surface area contributed by atoms with Crippen LogP contribution in [0.25, 0.3) is 0 Å². The molecule has 26 heavy (non-hydrogen) atoms. The molecule has 0 bridgehead atoms. The highest BCUT2D eigenvalue weighted by Gasteiger charge is 2.25. The standard InChI is InChI=1S/C22H31N3O/c1-18-4-6-21(7-5-18)25-13-8-19(16-25)15-23-20-9-11-24(12-10-20)17-22-3-2-14-26-22/h2-7,14,19-20,23H,8-13,15-17H2,1H3. The fourth-order valence-electron chi connectivity index (χ4n) is 4.24. The maximum absolute atomic E-state index is 5.47. The molecule has 4 heteroatoms. The minimum atomic E-state index is 0.677. The van der Waals surface area contributed by atoms with Gasteiger partial charge >= 0.3 is 0 Å². The second-order valence-corrected chi connectivity index (χ2v) is 7.97. The Hall–Kier alpha value is -1.78. The zero-order valence-electron chi connectivity index (χ0n) is 15.9. The van der Waals surface area contributed by atoms with Gasteiger partial charge in [-0.05, 0) is 62.9 Å². The Morgan fingerprint density at radius 1 is 1.04 bits per heavy atom. The molecule has 3 heterocycles. The lowest BCUT2D eigenvalue weighted by Gasteiger charge is -2.32. The lowest BCUT2D eigenvalue weighted by molar-refractivity contribution is 0.177. The van der Waals surface area contributed by atoms with Crippen molar-refractivity contribution in [2.75, 3.05) is 37.6 Å². The van der Waals surface area contributed by atoms with Crippen LogP contribution in [0.5, 0.6) is 0 Å². The first-order valence-corrected chi connectivity index (χ1v) is 10.1. The van der Waals surface area contributed by atoms with Gasteiger partial charge in [-0.25, -0.2) is 0 Å². The molecule has 2 aromatic rings. The zero-order valence-corrected chi connectivity index (χ0v) is 15.9. The summed E-state index contributed by atoms with van der Waals surface area (Å²) < 4.78 is 5.47. The molecule has 1 aromatic heterocycles. The number of benzene rings is 1. The Labute approximate surface area is 157 Å². The van der Waals surface area contributed by atoms with Crippen LogP contribution in [0.4, 0.5) is 5.69 Å². The number of hydrogen-bond donors (Lipinski definition) is 1. The molecule has 0 amide bonds. The van der Waals surface area contributed by atoms with Gasteiger partial charge in [0.2, 0.25) is 0 Å². The van der Waals surface area contributed by atoms with Crippen LogP contribution in [-0.4, -0.2) is 43.7 Å². The Morgan fingerprint density at radius 2 is 1.85 bits per heavy atom. The largest absolute Gasteiger partial charge is 0.468 e. The van der Waals surface area contributed by atoms with Crippen LogP contribution in [0, 0.1) is 12.8 Å². The summed E-state index contributed by atoms with van der Waals surface area (Å²) in [5.41, 5.74) is 2.72. The van der Waals surface area contributed by atoms with E-state index in [0.29, 0.717) is 6.04 Å². The van der Waals surface area contributed by atoms with Crippen molar-refractivity contribution in [3.8, 4) is 0 Å². The van der Waals surface area contributed by atoms with E-state index in [1.807, 2.05) is 6.07 Å². The molecule has 1 unspecified atom stereocenters. The summed E-state index contributed by atoms with van der Waals surface area (Å²) in [5.74, 6) is 1.86. The fraction of sp³-hybridized carbons (Fsp3) is 0.545. The van der Waals surface area contributed by atoms with Gasteiger partial charge < -0.3 is 14.6 Å². The van der Waals surface area contributed by atoms with Gasteiger partial charge in [-0.2, -0.15) is 0 Å². The van der Waals surface area contributed by atoms with E-state index in [2.05, 4.69) is 52.4 Å². The lowest BCUT2D eigenvalue weighted by Crippen LogP contribution is -2.43. The molecular weight excluding hydrogens is 322 g/mol. The van der Waals surface area contributed by atoms with Gasteiger partial charge in [0.05, 0.1) is 12.8 Å². The van der Waals surface area contributed by atoms with Crippen molar-refractivity contribution in [2.45, 2.75) is 38.8 Å². The summed E-state index contributed by atoms with van der Waals surface area (Å²) in [6, 6.07) is 13.7. The van der Waals surface area contributed by atoms with Gasteiger partial charge in [-0.1, -0.05) is 17.7 Å². The average Bonchev–Trinajstić information content (AvgIpc) is 3.34. The minimum absolute atomic E-state index is 0.677. The summed E-state index contributed by atoms with van der Waals surface area (Å²) in [6.45, 7) is 8.97. The molecule has 0 aliphatic carbocycles. The van der Waals surface area contributed by atoms with E-state index < -0.39 is 0 Å². The van der Waals surface area contributed by atoms with Crippen LogP contribution < -0.4 is 10.2 Å². The lowest BCUT2D eigenvalue weighted by atomic mass is 10.0. The number of likely N-dealkylation sites (tertiary alicyclic amines) is 1. The molecule has 2 aliphatic rings. The Morgan fingerprint density at radius 3 is 2.58 bits per heavy atom. The average molecular weight is 354 g/mol. The van der Waals surface area contributed by atoms with Gasteiger partial charge in [-0.3, -0.25) is 4.90 Å². The summed E-state index contributed by atoms with van der Waals surface area (Å²) in [4.78, 5) is 5.05. The Balaban J connectivity index is 1.17. The second-order valence-electron chi connectivity index (χ2n) is 7.97. The van der Waals surface area contributed by atoms with Crippen LogP contribution in [0.1, 0.15) is 30.6 Å². The minimum Gasteiger partial charge on any atom is -0.468 e. The molecule has 4 rings (SSSR count). The molecule has 1 atom stereocenters. The van der Waals surface area contributed by atoms with Gasteiger partial charge in [0, 0.05) is 37.9 Å². The first kappa shape index (κ1) is 17.6. The quantitative estimate of drug-likeness (QED) is 0.859. The predicted octanol–water partition coefficient (Wildman–Crippen LogP) is 3.67. The van der Waals surface area contributed by atoms with Gasteiger partial charge in [0.15, 0.2) is 0 Å². The first-order valence-electron chi connectivity index (χ1n) is 10.1. The number of aryl methyl sites for hydroxylation is 1.